The van der Waals surface area contributed by atoms with E-state index in [9.17, 15) is 0 Å². The van der Waals surface area contributed by atoms with Gasteiger partial charge in [-0.25, -0.2) is 0 Å². The molecule has 0 aliphatic carbocycles. The van der Waals surface area contributed by atoms with Crippen LogP contribution in [0.1, 0.15) is 18.1 Å². The van der Waals surface area contributed by atoms with Crippen LogP contribution in [0.4, 0.5) is 0 Å². The molecule has 0 bridgehead atoms. The first kappa shape index (κ1) is 15.1. The summed E-state index contributed by atoms with van der Waals surface area (Å²) in [7, 11) is 0. The minimum absolute atomic E-state index is 0.382. The minimum Gasteiger partial charge on any atom is -0.490 e. The fourth-order valence-corrected chi connectivity index (χ4v) is 2.41. The van der Waals surface area contributed by atoms with Gasteiger partial charge in [0.2, 0.25) is 0 Å². The van der Waals surface area contributed by atoms with Crippen molar-refractivity contribution in [3.63, 3.8) is 0 Å². The molecule has 1 heterocycles. The SMILES string of the molecule is CCOc1cccc(CCl)c1OCc1cncc(Br)c1. The Labute approximate surface area is 132 Å². The van der Waals surface area contributed by atoms with Gasteiger partial charge in [0, 0.05) is 28.0 Å². The summed E-state index contributed by atoms with van der Waals surface area (Å²) in [6.45, 7) is 2.94. The van der Waals surface area contributed by atoms with Crippen molar-refractivity contribution in [2.75, 3.05) is 6.61 Å². The van der Waals surface area contributed by atoms with Crippen molar-refractivity contribution in [3.05, 3.63) is 52.3 Å². The van der Waals surface area contributed by atoms with Crippen LogP contribution in [0, 0.1) is 0 Å². The van der Waals surface area contributed by atoms with E-state index in [2.05, 4.69) is 20.9 Å². The predicted molar refractivity (Wildman–Crippen MR) is 83.4 cm³/mol. The first-order valence-corrected chi connectivity index (χ1v) is 7.60. The second kappa shape index (κ2) is 7.50. The van der Waals surface area contributed by atoms with Gasteiger partial charge in [-0.05, 0) is 35.0 Å². The van der Waals surface area contributed by atoms with E-state index in [1.54, 1.807) is 12.4 Å². The number of ether oxygens (including phenoxy) is 2. The number of para-hydroxylation sites is 1. The first-order valence-electron chi connectivity index (χ1n) is 6.27. The Morgan fingerprint density at radius 1 is 1.25 bits per heavy atom. The molecule has 5 heteroatoms. The lowest BCUT2D eigenvalue weighted by Crippen LogP contribution is -2.02. The lowest BCUT2D eigenvalue weighted by atomic mass is 10.2. The Morgan fingerprint density at radius 3 is 2.80 bits per heavy atom. The zero-order chi connectivity index (χ0) is 14.4. The lowest BCUT2D eigenvalue weighted by molar-refractivity contribution is 0.267. The van der Waals surface area contributed by atoms with Crippen molar-refractivity contribution in [2.45, 2.75) is 19.4 Å². The van der Waals surface area contributed by atoms with Crippen molar-refractivity contribution < 1.29 is 9.47 Å². The molecule has 0 saturated carbocycles. The van der Waals surface area contributed by atoms with Crippen LogP contribution in [0.2, 0.25) is 0 Å². The van der Waals surface area contributed by atoms with E-state index in [1.807, 2.05) is 31.2 Å². The highest BCUT2D eigenvalue weighted by molar-refractivity contribution is 9.10. The van der Waals surface area contributed by atoms with Crippen LogP contribution < -0.4 is 9.47 Å². The third-order valence-electron chi connectivity index (χ3n) is 2.65. The number of benzene rings is 1. The number of nitrogens with zero attached hydrogens (tertiary/aromatic N) is 1. The van der Waals surface area contributed by atoms with Gasteiger partial charge in [0.25, 0.3) is 0 Å². The molecule has 0 radical (unpaired) electrons. The number of hydrogen-bond donors (Lipinski definition) is 0. The fourth-order valence-electron chi connectivity index (χ4n) is 1.79. The lowest BCUT2D eigenvalue weighted by Gasteiger charge is -2.15. The number of pyridine rings is 1. The monoisotopic (exact) mass is 355 g/mol. The summed E-state index contributed by atoms with van der Waals surface area (Å²) in [6.07, 6.45) is 3.51. The van der Waals surface area contributed by atoms with E-state index in [-0.39, 0.29) is 0 Å². The molecule has 106 valence electrons. The molecule has 0 N–H and O–H groups in total. The zero-order valence-corrected chi connectivity index (χ0v) is 13.4. The molecule has 0 aliphatic rings. The Morgan fingerprint density at radius 2 is 2.10 bits per heavy atom. The van der Waals surface area contributed by atoms with E-state index in [0.29, 0.717) is 30.6 Å². The fraction of sp³-hybridized carbons (Fsp3) is 0.267. The van der Waals surface area contributed by atoms with Crippen LogP contribution in [-0.2, 0) is 12.5 Å². The molecule has 1 aromatic heterocycles. The molecule has 3 nitrogen and oxygen atoms in total. The minimum atomic E-state index is 0.382. The molecule has 0 atom stereocenters. The van der Waals surface area contributed by atoms with Gasteiger partial charge in [0.15, 0.2) is 11.5 Å². The van der Waals surface area contributed by atoms with Crippen molar-refractivity contribution >= 4 is 27.5 Å². The largest absolute Gasteiger partial charge is 0.490 e. The maximum absolute atomic E-state index is 5.96. The molecule has 0 unspecified atom stereocenters. The summed E-state index contributed by atoms with van der Waals surface area (Å²) in [6, 6.07) is 7.70. The number of aromatic nitrogens is 1. The van der Waals surface area contributed by atoms with Gasteiger partial charge in [-0.15, -0.1) is 11.6 Å². The van der Waals surface area contributed by atoms with Gasteiger partial charge in [-0.1, -0.05) is 12.1 Å². The average Bonchev–Trinajstić information content (AvgIpc) is 2.46. The summed E-state index contributed by atoms with van der Waals surface area (Å²) in [5, 5.41) is 0. The smallest absolute Gasteiger partial charge is 0.166 e. The van der Waals surface area contributed by atoms with Gasteiger partial charge in [-0.3, -0.25) is 4.98 Å². The van der Waals surface area contributed by atoms with Crippen molar-refractivity contribution in [2.24, 2.45) is 0 Å². The molecule has 2 rings (SSSR count). The van der Waals surface area contributed by atoms with Gasteiger partial charge < -0.3 is 9.47 Å². The summed E-state index contributed by atoms with van der Waals surface area (Å²) in [5.74, 6) is 1.80. The Hall–Kier alpha value is -1.26. The van der Waals surface area contributed by atoms with Gasteiger partial charge in [0.1, 0.15) is 6.61 Å². The number of halogens is 2. The second-order valence-corrected chi connectivity index (χ2v) is 5.29. The number of rotatable bonds is 6. The van der Waals surface area contributed by atoms with Crippen molar-refractivity contribution in [3.8, 4) is 11.5 Å². The molecule has 0 spiro atoms. The van der Waals surface area contributed by atoms with Crippen molar-refractivity contribution in [1.29, 1.82) is 0 Å². The molecule has 0 amide bonds. The van der Waals surface area contributed by atoms with Gasteiger partial charge >= 0.3 is 0 Å². The summed E-state index contributed by atoms with van der Waals surface area (Å²) < 4.78 is 12.4. The van der Waals surface area contributed by atoms with Gasteiger partial charge in [0.05, 0.1) is 12.5 Å². The van der Waals surface area contributed by atoms with E-state index in [0.717, 1.165) is 15.6 Å². The number of hydrogen-bond acceptors (Lipinski definition) is 3. The van der Waals surface area contributed by atoms with E-state index >= 15 is 0 Å². The second-order valence-electron chi connectivity index (χ2n) is 4.11. The normalized spacial score (nSPS) is 10.3. The molecular weight excluding hydrogens is 342 g/mol. The van der Waals surface area contributed by atoms with Crippen LogP contribution in [0.25, 0.3) is 0 Å². The molecule has 1 aromatic carbocycles. The summed E-state index contributed by atoms with van der Waals surface area (Å²) in [5.41, 5.74) is 1.90. The summed E-state index contributed by atoms with van der Waals surface area (Å²) >= 11 is 9.35. The van der Waals surface area contributed by atoms with Crippen LogP contribution >= 0.6 is 27.5 Å². The van der Waals surface area contributed by atoms with Crippen molar-refractivity contribution in [1.82, 2.24) is 4.98 Å². The Balaban J connectivity index is 2.19. The molecule has 0 saturated heterocycles. The van der Waals surface area contributed by atoms with E-state index in [1.165, 1.54) is 0 Å². The quantitative estimate of drug-likeness (QED) is 0.711. The maximum atomic E-state index is 5.96. The average molecular weight is 357 g/mol. The van der Waals surface area contributed by atoms with E-state index < -0.39 is 0 Å². The standard InChI is InChI=1S/C15H15BrClNO2/c1-2-19-14-5-3-4-12(7-17)15(14)20-10-11-6-13(16)9-18-8-11/h3-6,8-9H,2,7,10H2,1H3. The maximum Gasteiger partial charge on any atom is 0.166 e. The Bertz CT molecular complexity index is 578. The first-order chi connectivity index (χ1) is 9.74. The van der Waals surface area contributed by atoms with Gasteiger partial charge in [-0.2, -0.15) is 0 Å². The number of alkyl halides is 1. The molecular formula is C15H15BrClNO2. The van der Waals surface area contributed by atoms with Crippen LogP contribution in [-0.4, -0.2) is 11.6 Å². The third kappa shape index (κ3) is 3.87. The van der Waals surface area contributed by atoms with Crippen LogP contribution in [0.15, 0.2) is 41.1 Å². The van der Waals surface area contributed by atoms with Crippen LogP contribution in [0.5, 0.6) is 11.5 Å². The molecule has 0 aliphatic heterocycles. The van der Waals surface area contributed by atoms with E-state index in [4.69, 9.17) is 21.1 Å². The zero-order valence-electron chi connectivity index (χ0n) is 11.1. The van der Waals surface area contributed by atoms with Crippen LogP contribution in [0.3, 0.4) is 0 Å². The Kier molecular flexibility index (Phi) is 5.68. The highest BCUT2D eigenvalue weighted by atomic mass is 79.9. The molecule has 0 fully saturated rings. The topological polar surface area (TPSA) is 31.4 Å². The third-order valence-corrected chi connectivity index (χ3v) is 3.37. The highest BCUT2D eigenvalue weighted by Crippen LogP contribution is 2.33. The molecule has 2 aromatic rings. The predicted octanol–water partition coefficient (Wildman–Crippen LogP) is 4.56. The summed E-state index contributed by atoms with van der Waals surface area (Å²) in [4.78, 5) is 4.11. The molecule has 20 heavy (non-hydrogen) atoms. The highest BCUT2D eigenvalue weighted by Gasteiger charge is 2.10.